The number of aromatic amines is 1. The lowest BCUT2D eigenvalue weighted by atomic mass is 10.2. The third kappa shape index (κ3) is 5.12. The topological polar surface area (TPSA) is 97.9 Å². The van der Waals surface area contributed by atoms with Gasteiger partial charge in [-0.15, -0.1) is 0 Å². The van der Waals surface area contributed by atoms with Gasteiger partial charge in [0.15, 0.2) is 0 Å². The van der Waals surface area contributed by atoms with Gasteiger partial charge in [0.2, 0.25) is 10.0 Å². The molecule has 0 amide bonds. The van der Waals surface area contributed by atoms with Crippen molar-refractivity contribution in [2.45, 2.75) is 25.0 Å². The smallest absolute Gasteiger partial charge is 0.245 e. The summed E-state index contributed by atoms with van der Waals surface area (Å²) in [6.07, 6.45) is -1.12. The van der Waals surface area contributed by atoms with E-state index in [2.05, 4.69) is 15.2 Å². The number of aliphatic hydroxyl groups is 1. The first kappa shape index (κ1) is 23.8. The highest BCUT2D eigenvalue weighted by molar-refractivity contribution is 7.89. The Kier molecular flexibility index (Phi) is 6.88. The highest BCUT2D eigenvalue weighted by Crippen LogP contribution is 2.30. The van der Waals surface area contributed by atoms with Crippen molar-refractivity contribution in [1.29, 1.82) is 0 Å². The number of halogens is 1. The predicted octanol–water partition coefficient (Wildman–Crippen LogP) is 3.33. The van der Waals surface area contributed by atoms with E-state index in [9.17, 15) is 13.5 Å². The van der Waals surface area contributed by atoms with E-state index >= 15 is 0 Å². The highest BCUT2D eigenvalue weighted by atomic mass is 35.5. The highest BCUT2D eigenvalue weighted by Gasteiger charge is 2.26. The lowest BCUT2D eigenvalue weighted by molar-refractivity contribution is 0.122. The summed E-state index contributed by atoms with van der Waals surface area (Å²) in [5.74, 6) is 0. The molecule has 1 atom stereocenters. The third-order valence-corrected chi connectivity index (χ3v) is 7.87. The molecular weight excluding hydrogens is 464 g/mol. The normalized spacial score (nSPS) is 15.9. The molecule has 1 unspecified atom stereocenters. The number of aryl methyl sites for hydroxylation is 2. The van der Waals surface area contributed by atoms with Gasteiger partial charge in [-0.2, -0.15) is 4.31 Å². The first-order chi connectivity index (χ1) is 15.6. The minimum Gasteiger partial charge on any atom is -0.378 e. The summed E-state index contributed by atoms with van der Waals surface area (Å²) in [7, 11) is -2.38. The number of anilines is 2. The van der Waals surface area contributed by atoms with Crippen molar-refractivity contribution in [2.24, 2.45) is 0 Å². The van der Waals surface area contributed by atoms with E-state index in [0.717, 1.165) is 39.7 Å². The van der Waals surface area contributed by atoms with Gasteiger partial charge >= 0.3 is 0 Å². The van der Waals surface area contributed by atoms with Crippen LogP contribution < -0.4 is 10.2 Å². The Balaban J connectivity index is 1.47. The van der Waals surface area contributed by atoms with Crippen LogP contribution in [0.4, 0.5) is 11.4 Å². The summed E-state index contributed by atoms with van der Waals surface area (Å²) in [5.41, 5.74) is 3.81. The molecule has 178 valence electrons. The number of morpholine rings is 1. The second-order valence-electron chi connectivity index (χ2n) is 8.39. The van der Waals surface area contributed by atoms with Gasteiger partial charge in [0.25, 0.3) is 0 Å². The molecule has 1 aliphatic heterocycles. The molecule has 0 saturated carbocycles. The van der Waals surface area contributed by atoms with Crippen molar-refractivity contribution in [3.63, 3.8) is 0 Å². The summed E-state index contributed by atoms with van der Waals surface area (Å²) in [4.78, 5) is 5.48. The maximum absolute atomic E-state index is 13.3. The number of benzene rings is 2. The molecule has 4 rings (SSSR count). The van der Waals surface area contributed by atoms with Gasteiger partial charge in [0.05, 0.1) is 36.0 Å². The van der Waals surface area contributed by atoms with Crippen LogP contribution in [0.25, 0.3) is 10.9 Å². The van der Waals surface area contributed by atoms with Crippen LogP contribution in [0.15, 0.2) is 41.3 Å². The second-order valence-corrected chi connectivity index (χ2v) is 10.8. The van der Waals surface area contributed by atoms with Gasteiger partial charge in [0, 0.05) is 36.9 Å². The number of sulfonamides is 1. The molecule has 1 saturated heterocycles. The Morgan fingerprint density at radius 3 is 2.64 bits per heavy atom. The summed E-state index contributed by atoms with van der Waals surface area (Å²) in [6.45, 7) is 6.46. The molecule has 1 fully saturated rings. The standard InChI is InChI=1S/C23H29ClN4O4S/c1-15-10-17-12-16(2)25-23(17)21(11-15)33(30,31)27(3)14-22(29)26-18-4-5-20(19(24)13-18)28-6-8-32-9-7-28/h4-5,10-13,22,25-26,29H,6-9,14H2,1-3H3. The van der Waals surface area contributed by atoms with Crippen molar-refractivity contribution in [3.05, 3.63) is 52.7 Å². The number of aliphatic hydroxyl groups excluding tert-OH is 1. The molecule has 10 heteroatoms. The summed E-state index contributed by atoms with van der Waals surface area (Å²) < 4.78 is 33.1. The molecule has 2 aromatic carbocycles. The van der Waals surface area contributed by atoms with E-state index in [-0.39, 0.29) is 11.4 Å². The summed E-state index contributed by atoms with van der Waals surface area (Å²) in [6, 6.07) is 10.9. The van der Waals surface area contributed by atoms with Crippen molar-refractivity contribution < 1.29 is 18.3 Å². The van der Waals surface area contributed by atoms with Gasteiger partial charge in [0.1, 0.15) is 11.1 Å². The molecule has 0 radical (unpaired) electrons. The number of hydrogen-bond donors (Lipinski definition) is 3. The zero-order valence-corrected chi connectivity index (χ0v) is 20.5. The van der Waals surface area contributed by atoms with Crippen LogP contribution in [0.2, 0.25) is 5.02 Å². The van der Waals surface area contributed by atoms with E-state index in [1.807, 2.05) is 38.1 Å². The fourth-order valence-corrected chi connectivity index (χ4v) is 5.84. The van der Waals surface area contributed by atoms with E-state index in [4.69, 9.17) is 16.3 Å². The zero-order valence-electron chi connectivity index (χ0n) is 18.9. The van der Waals surface area contributed by atoms with Crippen molar-refractivity contribution >= 4 is 43.9 Å². The monoisotopic (exact) mass is 492 g/mol. The van der Waals surface area contributed by atoms with Crippen molar-refractivity contribution in [2.75, 3.05) is 50.1 Å². The number of fused-ring (bicyclic) bond motifs is 1. The number of hydrogen-bond acceptors (Lipinski definition) is 6. The predicted molar refractivity (Wildman–Crippen MR) is 132 cm³/mol. The first-order valence-electron chi connectivity index (χ1n) is 10.8. The van der Waals surface area contributed by atoms with Gasteiger partial charge < -0.3 is 25.0 Å². The Morgan fingerprint density at radius 2 is 1.94 bits per heavy atom. The Morgan fingerprint density at radius 1 is 1.21 bits per heavy atom. The van der Waals surface area contributed by atoms with E-state index in [1.54, 1.807) is 12.1 Å². The number of nitrogens with zero attached hydrogens (tertiary/aromatic N) is 2. The fraction of sp³-hybridized carbons (Fsp3) is 0.391. The largest absolute Gasteiger partial charge is 0.378 e. The van der Waals surface area contributed by atoms with Crippen LogP contribution in [0.3, 0.4) is 0 Å². The Labute approximate surface area is 199 Å². The molecule has 1 aromatic heterocycles. The average Bonchev–Trinajstić information content (AvgIpc) is 3.13. The number of likely N-dealkylation sites (N-methyl/N-ethyl adjacent to an activating group) is 1. The zero-order chi connectivity index (χ0) is 23.8. The lowest BCUT2D eigenvalue weighted by Crippen LogP contribution is -2.38. The molecule has 2 heterocycles. The molecule has 0 spiro atoms. The van der Waals surface area contributed by atoms with E-state index < -0.39 is 16.3 Å². The first-order valence-corrected chi connectivity index (χ1v) is 12.6. The Bertz CT molecular complexity index is 1250. The van der Waals surface area contributed by atoms with Crippen LogP contribution in [-0.2, 0) is 14.8 Å². The number of rotatable bonds is 7. The Hall–Kier alpha value is -2.30. The maximum atomic E-state index is 13.3. The number of aromatic nitrogens is 1. The van der Waals surface area contributed by atoms with Crippen molar-refractivity contribution in [3.8, 4) is 0 Å². The number of ether oxygens (including phenoxy) is 1. The summed E-state index contributed by atoms with van der Waals surface area (Å²) >= 11 is 6.46. The SMILES string of the molecule is Cc1cc(S(=O)(=O)N(C)CC(O)Nc2ccc(N3CCOCC3)c(Cl)c2)c2[nH]c(C)cc2c1. The minimum absolute atomic E-state index is 0.139. The van der Waals surface area contributed by atoms with Crippen LogP contribution in [0, 0.1) is 13.8 Å². The molecule has 3 N–H and O–H groups in total. The van der Waals surface area contributed by atoms with Gasteiger partial charge in [-0.05, 0) is 55.8 Å². The molecule has 0 aliphatic carbocycles. The van der Waals surface area contributed by atoms with Gasteiger partial charge in [-0.3, -0.25) is 0 Å². The second kappa shape index (κ2) is 9.52. The number of nitrogens with one attached hydrogen (secondary N) is 2. The molecule has 1 aliphatic rings. The average molecular weight is 493 g/mol. The minimum atomic E-state index is -3.83. The van der Waals surface area contributed by atoms with E-state index in [1.165, 1.54) is 7.05 Å². The van der Waals surface area contributed by atoms with Gasteiger partial charge in [-0.1, -0.05) is 11.6 Å². The van der Waals surface area contributed by atoms with Crippen LogP contribution in [0.1, 0.15) is 11.3 Å². The molecule has 8 nitrogen and oxygen atoms in total. The van der Waals surface area contributed by atoms with Crippen LogP contribution >= 0.6 is 11.6 Å². The third-order valence-electron chi connectivity index (χ3n) is 5.72. The quantitative estimate of drug-likeness (QED) is 0.438. The fourth-order valence-electron chi connectivity index (χ4n) is 4.10. The maximum Gasteiger partial charge on any atom is 0.245 e. The van der Waals surface area contributed by atoms with E-state index in [0.29, 0.717) is 29.4 Å². The summed E-state index contributed by atoms with van der Waals surface area (Å²) in [5, 5.41) is 14.9. The molecule has 33 heavy (non-hydrogen) atoms. The van der Waals surface area contributed by atoms with Crippen LogP contribution in [-0.4, -0.2) is 68.9 Å². The molecular formula is C23H29ClN4O4S. The van der Waals surface area contributed by atoms with Crippen LogP contribution in [0.5, 0.6) is 0 Å². The van der Waals surface area contributed by atoms with Gasteiger partial charge in [-0.25, -0.2) is 8.42 Å². The number of H-pyrrole nitrogens is 1. The van der Waals surface area contributed by atoms with Crippen molar-refractivity contribution in [1.82, 2.24) is 9.29 Å². The lowest BCUT2D eigenvalue weighted by Gasteiger charge is -2.30. The molecule has 3 aromatic rings. The molecule has 0 bridgehead atoms.